The average Bonchev–Trinajstić information content (AvgIpc) is 2.68. The summed E-state index contributed by atoms with van der Waals surface area (Å²) in [5, 5.41) is 9.29. The standard InChI is InChI=1S/C13H24N2O5S/c1-10-12(9-16)13(11(2)20-10)21(17,18)14-5-7-19-8-6-15(3)4/h14,16H,5-9H2,1-4H3. The van der Waals surface area contributed by atoms with Crippen LogP contribution in [0.2, 0.25) is 0 Å². The lowest BCUT2D eigenvalue weighted by atomic mass is 10.2. The lowest BCUT2D eigenvalue weighted by molar-refractivity contribution is 0.122. The van der Waals surface area contributed by atoms with Crippen LogP contribution in [0.3, 0.4) is 0 Å². The van der Waals surface area contributed by atoms with Crippen LogP contribution >= 0.6 is 0 Å². The summed E-state index contributed by atoms with van der Waals surface area (Å²) in [7, 11) is 0.163. The van der Waals surface area contributed by atoms with Gasteiger partial charge in [-0.3, -0.25) is 0 Å². The van der Waals surface area contributed by atoms with Crippen LogP contribution in [0.5, 0.6) is 0 Å². The van der Waals surface area contributed by atoms with E-state index in [9.17, 15) is 13.5 Å². The average molecular weight is 320 g/mol. The second kappa shape index (κ2) is 7.90. The van der Waals surface area contributed by atoms with Crippen molar-refractivity contribution in [3.8, 4) is 0 Å². The van der Waals surface area contributed by atoms with E-state index in [1.54, 1.807) is 13.8 Å². The molecule has 0 aliphatic heterocycles. The van der Waals surface area contributed by atoms with Crippen molar-refractivity contribution < 1.29 is 22.7 Å². The lowest BCUT2D eigenvalue weighted by Crippen LogP contribution is -2.29. The monoisotopic (exact) mass is 320 g/mol. The van der Waals surface area contributed by atoms with Gasteiger partial charge < -0.3 is 19.2 Å². The first-order valence-corrected chi connectivity index (χ1v) is 8.19. The summed E-state index contributed by atoms with van der Waals surface area (Å²) in [5.74, 6) is 0.690. The number of ether oxygens (including phenoxy) is 1. The Balaban J connectivity index is 2.58. The molecule has 8 heteroatoms. The summed E-state index contributed by atoms with van der Waals surface area (Å²) in [6, 6.07) is 0. The largest absolute Gasteiger partial charge is 0.465 e. The molecule has 1 rings (SSSR count). The molecule has 0 spiro atoms. The topological polar surface area (TPSA) is 92.0 Å². The fraction of sp³-hybridized carbons (Fsp3) is 0.692. The van der Waals surface area contributed by atoms with E-state index in [4.69, 9.17) is 9.15 Å². The fourth-order valence-corrected chi connectivity index (χ4v) is 3.36. The minimum absolute atomic E-state index is 0.0239. The van der Waals surface area contributed by atoms with Crippen molar-refractivity contribution in [3.63, 3.8) is 0 Å². The quantitative estimate of drug-likeness (QED) is 0.634. The van der Waals surface area contributed by atoms with Crippen LogP contribution < -0.4 is 4.72 Å². The molecular formula is C13H24N2O5S. The van der Waals surface area contributed by atoms with Gasteiger partial charge in [-0.25, -0.2) is 13.1 Å². The molecule has 0 fully saturated rings. The number of nitrogens with zero attached hydrogens (tertiary/aromatic N) is 1. The van der Waals surface area contributed by atoms with Crippen LogP contribution in [0.15, 0.2) is 9.31 Å². The summed E-state index contributed by atoms with van der Waals surface area (Å²) < 4.78 is 37.5. The molecule has 0 bridgehead atoms. The second-order valence-electron chi connectivity index (χ2n) is 4.99. The van der Waals surface area contributed by atoms with Gasteiger partial charge >= 0.3 is 0 Å². The zero-order chi connectivity index (χ0) is 16.0. The number of nitrogens with one attached hydrogen (secondary N) is 1. The van der Waals surface area contributed by atoms with Crippen molar-refractivity contribution in [2.45, 2.75) is 25.3 Å². The number of likely N-dealkylation sites (N-methyl/N-ethyl adjacent to an activating group) is 1. The molecule has 0 atom stereocenters. The Morgan fingerprint density at radius 2 is 1.90 bits per heavy atom. The van der Waals surface area contributed by atoms with Gasteiger partial charge in [-0.05, 0) is 27.9 Å². The summed E-state index contributed by atoms with van der Waals surface area (Å²) in [6.45, 7) is 4.60. The summed E-state index contributed by atoms with van der Waals surface area (Å²) in [4.78, 5) is 2.01. The number of sulfonamides is 1. The predicted octanol–water partition coefficient (Wildman–Crippen LogP) is 0.245. The van der Waals surface area contributed by atoms with Crippen molar-refractivity contribution in [1.82, 2.24) is 9.62 Å². The van der Waals surface area contributed by atoms with E-state index in [0.29, 0.717) is 17.9 Å². The molecule has 1 aromatic rings. The third-order valence-electron chi connectivity index (χ3n) is 2.97. The number of aryl methyl sites for hydroxylation is 2. The van der Waals surface area contributed by atoms with E-state index >= 15 is 0 Å². The van der Waals surface area contributed by atoms with Crippen LogP contribution in [0, 0.1) is 13.8 Å². The van der Waals surface area contributed by atoms with Gasteiger partial charge in [0.25, 0.3) is 0 Å². The lowest BCUT2D eigenvalue weighted by Gasteiger charge is -2.10. The summed E-state index contributed by atoms with van der Waals surface area (Å²) >= 11 is 0. The van der Waals surface area contributed by atoms with Crippen LogP contribution in [-0.4, -0.2) is 58.8 Å². The van der Waals surface area contributed by atoms with E-state index in [1.807, 2.05) is 19.0 Å². The predicted molar refractivity (Wildman–Crippen MR) is 78.7 cm³/mol. The Labute approximate surface area is 125 Å². The van der Waals surface area contributed by atoms with Crippen LogP contribution in [0.25, 0.3) is 0 Å². The molecule has 7 nitrogen and oxygen atoms in total. The number of hydrogen-bond donors (Lipinski definition) is 2. The highest BCUT2D eigenvalue weighted by Crippen LogP contribution is 2.26. The highest BCUT2D eigenvalue weighted by Gasteiger charge is 2.25. The Morgan fingerprint density at radius 1 is 1.24 bits per heavy atom. The molecule has 21 heavy (non-hydrogen) atoms. The van der Waals surface area contributed by atoms with Crippen LogP contribution in [-0.2, 0) is 21.4 Å². The molecule has 0 saturated heterocycles. The molecule has 0 radical (unpaired) electrons. The highest BCUT2D eigenvalue weighted by molar-refractivity contribution is 7.89. The third kappa shape index (κ3) is 5.08. The highest BCUT2D eigenvalue weighted by atomic mass is 32.2. The van der Waals surface area contributed by atoms with Gasteiger partial charge in [0.15, 0.2) is 0 Å². The second-order valence-corrected chi connectivity index (χ2v) is 6.70. The van der Waals surface area contributed by atoms with Crippen molar-refractivity contribution >= 4 is 10.0 Å². The van der Waals surface area contributed by atoms with Crippen molar-refractivity contribution in [2.75, 3.05) is 40.4 Å². The zero-order valence-corrected chi connectivity index (χ0v) is 13.8. The van der Waals surface area contributed by atoms with E-state index in [2.05, 4.69) is 4.72 Å². The SMILES string of the molecule is Cc1oc(C)c(S(=O)(=O)NCCOCCN(C)C)c1CO. The number of hydrogen-bond acceptors (Lipinski definition) is 6. The van der Waals surface area contributed by atoms with E-state index < -0.39 is 10.0 Å². The smallest absolute Gasteiger partial charge is 0.244 e. The maximum atomic E-state index is 12.2. The molecule has 0 aliphatic carbocycles. The van der Waals surface area contributed by atoms with Crippen LogP contribution in [0.1, 0.15) is 17.1 Å². The molecule has 1 aromatic heterocycles. The maximum Gasteiger partial charge on any atom is 0.244 e. The van der Waals surface area contributed by atoms with E-state index in [-0.39, 0.29) is 30.4 Å². The molecule has 2 N–H and O–H groups in total. The molecule has 0 saturated carbocycles. The molecule has 0 unspecified atom stereocenters. The Kier molecular flexibility index (Phi) is 6.82. The first-order valence-electron chi connectivity index (χ1n) is 6.71. The number of rotatable bonds is 9. The minimum atomic E-state index is -3.71. The molecule has 0 aromatic carbocycles. The first-order chi connectivity index (χ1) is 9.79. The summed E-state index contributed by atoms with van der Waals surface area (Å²) in [6.07, 6.45) is 0. The fourth-order valence-electron chi connectivity index (χ4n) is 1.91. The normalized spacial score (nSPS) is 12.3. The van der Waals surface area contributed by atoms with Gasteiger partial charge in [0, 0.05) is 18.7 Å². The Bertz CT molecular complexity index is 551. The van der Waals surface area contributed by atoms with Crippen molar-refractivity contribution in [2.24, 2.45) is 0 Å². The van der Waals surface area contributed by atoms with Gasteiger partial charge in [0.1, 0.15) is 16.4 Å². The van der Waals surface area contributed by atoms with Crippen LogP contribution in [0.4, 0.5) is 0 Å². The maximum absolute atomic E-state index is 12.2. The molecule has 0 aliphatic rings. The Morgan fingerprint density at radius 3 is 2.48 bits per heavy atom. The number of aliphatic hydroxyl groups excluding tert-OH is 1. The van der Waals surface area contributed by atoms with Gasteiger partial charge in [-0.15, -0.1) is 0 Å². The van der Waals surface area contributed by atoms with Gasteiger partial charge in [0.2, 0.25) is 10.0 Å². The molecular weight excluding hydrogens is 296 g/mol. The molecule has 0 amide bonds. The van der Waals surface area contributed by atoms with E-state index in [1.165, 1.54) is 0 Å². The Hall–Kier alpha value is -0.930. The number of furan rings is 1. The molecule has 122 valence electrons. The number of aliphatic hydroxyl groups is 1. The van der Waals surface area contributed by atoms with E-state index in [0.717, 1.165) is 6.54 Å². The van der Waals surface area contributed by atoms with Crippen molar-refractivity contribution in [1.29, 1.82) is 0 Å². The van der Waals surface area contributed by atoms with Gasteiger partial charge in [0.05, 0.1) is 19.8 Å². The molecule has 1 heterocycles. The minimum Gasteiger partial charge on any atom is -0.465 e. The summed E-state index contributed by atoms with van der Waals surface area (Å²) in [5.41, 5.74) is 0.300. The van der Waals surface area contributed by atoms with Gasteiger partial charge in [-0.1, -0.05) is 0 Å². The van der Waals surface area contributed by atoms with Gasteiger partial charge in [-0.2, -0.15) is 0 Å². The first kappa shape index (κ1) is 18.1. The third-order valence-corrected chi connectivity index (χ3v) is 4.63. The zero-order valence-electron chi connectivity index (χ0n) is 13.0. The van der Waals surface area contributed by atoms with Crippen molar-refractivity contribution in [3.05, 3.63) is 17.1 Å².